The number of nitrogens with two attached hydrogens (primary N) is 1. The minimum Gasteiger partial charge on any atom is -0.327 e. The van der Waals surface area contributed by atoms with Crippen molar-refractivity contribution in [1.29, 1.82) is 0 Å². The molecule has 1 aliphatic heterocycles. The lowest BCUT2D eigenvalue weighted by atomic mass is 9.98. The highest BCUT2D eigenvalue weighted by Gasteiger charge is 2.24. The molecule has 0 radical (unpaired) electrons. The van der Waals surface area contributed by atoms with Crippen LogP contribution < -0.4 is 5.73 Å². The van der Waals surface area contributed by atoms with Gasteiger partial charge in [0.25, 0.3) is 0 Å². The van der Waals surface area contributed by atoms with E-state index in [1.54, 1.807) is 0 Å². The maximum absolute atomic E-state index is 6.15. The van der Waals surface area contributed by atoms with E-state index in [4.69, 9.17) is 5.73 Å². The first-order valence-corrected chi connectivity index (χ1v) is 7.77. The van der Waals surface area contributed by atoms with E-state index in [2.05, 4.69) is 11.8 Å². The van der Waals surface area contributed by atoms with Crippen molar-refractivity contribution in [3.63, 3.8) is 0 Å². The number of hydrogen-bond donors (Lipinski definition) is 1. The fourth-order valence-electron chi connectivity index (χ4n) is 3.63. The SMILES string of the molecule is CCC1CCCN(CCC2CCCC2N)CC1. The maximum Gasteiger partial charge on any atom is 0.00676 e. The maximum atomic E-state index is 6.15. The Morgan fingerprint density at radius 3 is 2.65 bits per heavy atom. The Morgan fingerprint density at radius 1 is 1.06 bits per heavy atom. The summed E-state index contributed by atoms with van der Waals surface area (Å²) in [6, 6.07) is 0.505. The molecule has 3 atom stereocenters. The number of hydrogen-bond acceptors (Lipinski definition) is 2. The molecule has 17 heavy (non-hydrogen) atoms. The van der Waals surface area contributed by atoms with E-state index >= 15 is 0 Å². The lowest BCUT2D eigenvalue weighted by Crippen LogP contribution is -2.31. The second-order valence-electron chi connectivity index (χ2n) is 6.19. The molecule has 0 spiro atoms. The summed E-state index contributed by atoms with van der Waals surface area (Å²) in [7, 11) is 0. The van der Waals surface area contributed by atoms with Gasteiger partial charge in [0, 0.05) is 6.04 Å². The molecule has 100 valence electrons. The monoisotopic (exact) mass is 238 g/mol. The fourth-order valence-corrected chi connectivity index (χ4v) is 3.63. The normalized spacial score (nSPS) is 36.0. The van der Waals surface area contributed by atoms with E-state index in [1.165, 1.54) is 71.0 Å². The quantitative estimate of drug-likeness (QED) is 0.816. The second-order valence-corrected chi connectivity index (χ2v) is 6.19. The summed E-state index contributed by atoms with van der Waals surface area (Å²) in [5.41, 5.74) is 6.15. The molecule has 0 aromatic heterocycles. The van der Waals surface area contributed by atoms with Gasteiger partial charge in [-0.05, 0) is 70.0 Å². The molecular formula is C15H30N2. The molecule has 0 bridgehead atoms. The van der Waals surface area contributed by atoms with Gasteiger partial charge in [-0.15, -0.1) is 0 Å². The van der Waals surface area contributed by atoms with Crippen LogP contribution in [0.25, 0.3) is 0 Å². The Hall–Kier alpha value is -0.0800. The van der Waals surface area contributed by atoms with Gasteiger partial charge in [-0.25, -0.2) is 0 Å². The summed E-state index contributed by atoms with van der Waals surface area (Å²) in [6.45, 7) is 6.31. The minimum absolute atomic E-state index is 0.505. The van der Waals surface area contributed by atoms with Gasteiger partial charge < -0.3 is 10.6 Å². The number of nitrogens with zero attached hydrogens (tertiary/aromatic N) is 1. The average molecular weight is 238 g/mol. The van der Waals surface area contributed by atoms with Crippen LogP contribution in [-0.4, -0.2) is 30.6 Å². The lowest BCUT2D eigenvalue weighted by molar-refractivity contribution is 0.252. The van der Waals surface area contributed by atoms with Gasteiger partial charge in [0.1, 0.15) is 0 Å². The van der Waals surface area contributed by atoms with Crippen LogP contribution in [-0.2, 0) is 0 Å². The molecule has 0 aromatic rings. The van der Waals surface area contributed by atoms with E-state index in [1.807, 2.05) is 0 Å². The van der Waals surface area contributed by atoms with Crippen molar-refractivity contribution in [2.75, 3.05) is 19.6 Å². The molecule has 2 fully saturated rings. The average Bonchev–Trinajstić information content (AvgIpc) is 2.63. The summed E-state index contributed by atoms with van der Waals surface area (Å²) in [5, 5.41) is 0. The first kappa shape index (κ1) is 13.4. The first-order chi connectivity index (χ1) is 8.29. The molecule has 2 N–H and O–H groups in total. The van der Waals surface area contributed by atoms with E-state index in [-0.39, 0.29) is 0 Å². The number of rotatable bonds is 4. The fraction of sp³-hybridized carbons (Fsp3) is 1.00. The van der Waals surface area contributed by atoms with Crippen LogP contribution in [0, 0.1) is 11.8 Å². The van der Waals surface area contributed by atoms with Crippen LogP contribution in [0.5, 0.6) is 0 Å². The summed E-state index contributed by atoms with van der Waals surface area (Å²) in [5.74, 6) is 1.81. The second kappa shape index (κ2) is 6.75. The van der Waals surface area contributed by atoms with Crippen LogP contribution >= 0.6 is 0 Å². The molecule has 0 amide bonds. The Kier molecular flexibility index (Phi) is 5.30. The lowest BCUT2D eigenvalue weighted by Gasteiger charge is -2.23. The summed E-state index contributed by atoms with van der Waals surface area (Å²) >= 11 is 0. The van der Waals surface area contributed by atoms with Crippen LogP contribution in [0.1, 0.15) is 58.3 Å². The Balaban J connectivity index is 1.68. The largest absolute Gasteiger partial charge is 0.327 e. The van der Waals surface area contributed by atoms with E-state index in [9.17, 15) is 0 Å². The zero-order valence-corrected chi connectivity index (χ0v) is 11.5. The zero-order chi connectivity index (χ0) is 12.1. The minimum atomic E-state index is 0.505. The molecule has 1 heterocycles. The summed E-state index contributed by atoms with van der Waals surface area (Å²) in [6.07, 6.45) is 11.0. The summed E-state index contributed by atoms with van der Waals surface area (Å²) in [4.78, 5) is 2.70. The van der Waals surface area contributed by atoms with Crippen molar-refractivity contribution in [3.05, 3.63) is 0 Å². The molecule has 3 unspecified atom stereocenters. The highest BCUT2D eigenvalue weighted by molar-refractivity contribution is 4.81. The third-order valence-electron chi connectivity index (χ3n) is 5.05. The van der Waals surface area contributed by atoms with E-state index < -0.39 is 0 Å². The summed E-state index contributed by atoms with van der Waals surface area (Å²) < 4.78 is 0. The molecule has 0 aromatic carbocycles. The highest BCUT2D eigenvalue weighted by Crippen LogP contribution is 2.27. The molecule has 2 nitrogen and oxygen atoms in total. The molecule has 1 saturated carbocycles. The predicted octanol–water partition coefficient (Wildman–Crippen LogP) is 3.02. The van der Waals surface area contributed by atoms with E-state index in [0.29, 0.717) is 6.04 Å². The van der Waals surface area contributed by atoms with Crippen LogP contribution in [0.2, 0.25) is 0 Å². The molecule has 2 aliphatic rings. The van der Waals surface area contributed by atoms with Crippen molar-refractivity contribution < 1.29 is 0 Å². The van der Waals surface area contributed by atoms with E-state index in [0.717, 1.165) is 11.8 Å². The first-order valence-electron chi connectivity index (χ1n) is 7.77. The Labute approximate surface area is 107 Å². The Morgan fingerprint density at radius 2 is 1.94 bits per heavy atom. The van der Waals surface area contributed by atoms with Gasteiger partial charge >= 0.3 is 0 Å². The predicted molar refractivity (Wildman–Crippen MR) is 74.0 cm³/mol. The van der Waals surface area contributed by atoms with Crippen LogP contribution in [0.15, 0.2) is 0 Å². The molecule has 1 aliphatic carbocycles. The van der Waals surface area contributed by atoms with Crippen molar-refractivity contribution in [2.24, 2.45) is 17.6 Å². The van der Waals surface area contributed by atoms with Gasteiger partial charge in [-0.2, -0.15) is 0 Å². The van der Waals surface area contributed by atoms with Crippen molar-refractivity contribution in [2.45, 2.75) is 64.3 Å². The third kappa shape index (κ3) is 3.96. The standard InChI is InChI=1S/C15H30N2/c1-2-13-5-4-10-17(11-8-13)12-9-14-6-3-7-15(14)16/h13-15H,2-12,16H2,1H3. The van der Waals surface area contributed by atoms with Gasteiger partial charge in [0.05, 0.1) is 0 Å². The highest BCUT2D eigenvalue weighted by atomic mass is 15.1. The topological polar surface area (TPSA) is 29.3 Å². The van der Waals surface area contributed by atoms with Crippen molar-refractivity contribution >= 4 is 0 Å². The molecule has 2 rings (SSSR count). The zero-order valence-electron chi connectivity index (χ0n) is 11.5. The van der Waals surface area contributed by atoms with Crippen molar-refractivity contribution in [1.82, 2.24) is 4.90 Å². The Bertz CT molecular complexity index is 217. The smallest absolute Gasteiger partial charge is 0.00676 e. The van der Waals surface area contributed by atoms with Crippen molar-refractivity contribution in [3.8, 4) is 0 Å². The van der Waals surface area contributed by atoms with Gasteiger partial charge in [0.15, 0.2) is 0 Å². The van der Waals surface area contributed by atoms with Crippen LogP contribution in [0.4, 0.5) is 0 Å². The number of likely N-dealkylation sites (tertiary alicyclic amines) is 1. The molecular weight excluding hydrogens is 208 g/mol. The van der Waals surface area contributed by atoms with Gasteiger partial charge in [0.2, 0.25) is 0 Å². The van der Waals surface area contributed by atoms with Gasteiger partial charge in [-0.1, -0.05) is 19.8 Å². The molecule has 2 heteroatoms. The molecule has 1 saturated heterocycles. The van der Waals surface area contributed by atoms with Gasteiger partial charge in [-0.3, -0.25) is 0 Å². The van der Waals surface area contributed by atoms with Crippen LogP contribution in [0.3, 0.4) is 0 Å². The third-order valence-corrected chi connectivity index (χ3v) is 5.05.